The molecule has 248 valence electrons. The van der Waals surface area contributed by atoms with Crippen LogP contribution >= 0.6 is 0 Å². The molecular weight excluding hydrogens is 623 g/mol. The van der Waals surface area contributed by atoms with Crippen LogP contribution in [0.2, 0.25) is 0 Å². The molecule has 4 heteroatoms. The van der Waals surface area contributed by atoms with E-state index in [1.807, 2.05) is 6.07 Å². The van der Waals surface area contributed by atoms with Gasteiger partial charge in [0.15, 0.2) is 0 Å². The first-order chi connectivity index (χ1) is 24.9. The lowest BCUT2D eigenvalue weighted by Gasteiger charge is -2.22. The molecule has 0 saturated heterocycles. The highest BCUT2D eigenvalue weighted by Crippen LogP contribution is 2.45. The fourth-order valence-corrected chi connectivity index (χ4v) is 7.38. The van der Waals surface area contributed by atoms with Crippen molar-refractivity contribution in [1.29, 1.82) is 0 Å². The van der Waals surface area contributed by atoms with Crippen LogP contribution in [0.25, 0.3) is 38.6 Å². The smallest absolute Gasteiger partial charge is 0.129 e. The summed E-state index contributed by atoms with van der Waals surface area (Å²) in [7, 11) is 0. The minimum absolute atomic E-state index is 0.0303. The Morgan fingerprint density at radius 3 is 1.86 bits per heavy atom. The monoisotopic (exact) mass is 661 g/mol. The molecule has 0 unspecified atom stereocenters. The van der Waals surface area contributed by atoms with E-state index in [4.69, 9.17) is 4.74 Å². The molecule has 0 amide bonds. The van der Waals surface area contributed by atoms with Crippen molar-refractivity contribution in [2.75, 3.05) is 16.5 Å². The van der Waals surface area contributed by atoms with Crippen molar-refractivity contribution >= 4 is 44.6 Å². The largest absolute Gasteiger partial charge is 0.457 e. The van der Waals surface area contributed by atoms with Crippen molar-refractivity contribution in [3.05, 3.63) is 175 Å². The normalized spacial score (nSPS) is 12.8. The minimum atomic E-state index is 0.0303. The number of hydrogen-bond acceptors (Lipinski definition) is 3. The number of benzene rings is 7. The van der Waals surface area contributed by atoms with Gasteiger partial charge < -0.3 is 19.1 Å². The van der Waals surface area contributed by atoms with E-state index in [-0.39, 0.29) is 5.41 Å². The molecule has 0 atom stereocenters. The van der Waals surface area contributed by atoms with Crippen LogP contribution in [0.1, 0.15) is 26.3 Å². The molecule has 1 aromatic heterocycles. The number of hydrogen-bond donors (Lipinski definition) is 0. The van der Waals surface area contributed by atoms with Crippen molar-refractivity contribution in [2.24, 2.45) is 0 Å². The standard InChI is InChI=1S/C47H39N3O/c1-47(2,3)35-16-12-20-38(29-35)50-43-27-24-34(33-14-6-4-7-15-33)28-42(43)41-26-25-40(31-46(41)50)51-39-21-13-19-37(30-39)49-32-48(36-17-8-5-9-18-36)44-22-10-11-23-45(44)49/h4-31H,32H2,1-3H3. The number of aromatic nitrogens is 1. The van der Waals surface area contributed by atoms with Crippen LogP contribution in [0.4, 0.5) is 22.7 Å². The fraction of sp³-hybridized carbons (Fsp3) is 0.106. The van der Waals surface area contributed by atoms with Crippen LogP contribution in [-0.4, -0.2) is 11.2 Å². The third-order valence-corrected chi connectivity index (χ3v) is 9.99. The van der Waals surface area contributed by atoms with Gasteiger partial charge in [0.2, 0.25) is 0 Å². The average Bonchev–Trinajstić information content (AvgIpc) is 3.71. The Bertz CT molecular complexity index is 2530. The van der Waals surface area contributed by atoms with Gasteiger partial charge in [-0.1, -0.05) is 106 Å². The second-order valence-electron chi connectivity index (χ2n) is 14.3. The molecule has 8 aromatic rings. The van der Waals surface area contributed by atoms with Crippen molar-refractivity contribution in [1.82, 2.24) is 4.57 Å². The molecule has 4 nitrogen and oxygen atoms in total. The highest BCUT2D eigenvalue weighted by atomic mass is 16.5. The molecule has 0 N–H and O–H groups in total. The lowest BCUT2D eigenvalue weighted by atomic mass is 9.87. The van der Waals surface area contributed by atoms with Gasteiger partial charge in [-0.15, -0.1) is 0 Å². The molecule has 0 radical (unpaired) electrons. The average molecular weight is 662 g/mol. The first-order valence-corrected chi connectivity index (χ1v) is 17.6. The van der Waals surface area contributed by atoms with Crippen LogP contribution < -0.4 is 14.5 Å². The number of ether oxygens (including phenoxy) is 1. The molecule has 0 spiro atoms. The van der Waals surface area contributed by atoms with Crippen molar-refractivity contribution in [2.45, 2.75) is 26.2 Å². The predicted molar refractivity (Wildman–Crippen MR) is 213 cm³/mol. The van der Waals surface area contributed by atoms with E-state index in [1.165, 1.54) is 50.0 Å². The lowest BCUT2D eigenvalue weighted by molar-refractivity contribution is 0.483. The first kappa shape index (κ1) is 30.8. The van der Waals surface area contributed by atoms with Crippen LogP contribution in [0.5, 0.6) is 11.5 Å². The summed E-state index contributed by atoms with van der Waals surface area (Å²) in [6, 6.07) is 60.5. The molecule has 9 rings (SSSR count). The predicted octanol–water partition coefficient (Wildman–Crippen LogP) is 12.8. The van der Waals surface area contributed by atoms with E-state index in [1.54, 1.807) is 0 Å². The van der Waals surface area contributed by atoms with Gasteiger partial charge in [-0.3, -0.25) is 0 Å². The lowest BCUT2D eigenvalue weighted by Crippen LogP contribution is -2.23. The molecule has 0 aliphatic carbocycles. The SMILES string of the molecule is CC(C)(C)c1cccc(-n2c3ccc(-c4ccccc4)cc3c3ccc(Oc4cccc(N5CN(c6ccccc6)c6ccccc65)c4)cc32)c1. The molecule has 0 bridgehead atoms. The number of rotatable bonds is 6. The first-order valence-electron chi connectivity index (χ1n) is 17.6. The Labute approximate surface area is 299 Å². The summed E-state index contributed by atoms with van der Waals surface area (Å²) >= 11 is 0. The van der Waals surface area contributed by atoms with E-state index in [9.17, 15) is 0 Å². The fourth-order valence-electron chi connectivity index (χ4n) is 7.38. The van der Waals surface area contributed by atoms with Gasteiger partial charge in [0.05, 0.1) is 22.4 Å². The van der Waals surface area contributed by atoms with Gasteiger partial charge in [0.1, 0.15) is 18.2 Å². The van der Waals surface area contributed by atoms with Gasteiger partial charge in [-0.25, -0.2) is 0 Å². The maximum absolute atomic E-state index is 6.69. The Morgan fingerprint density at radius 2 is 1.10 bits per heavy atom. The van der Waals surface area contributed by atoms with Crippen molar-refractivity contribution in [3.63, 3.8) is 0 Å². The molecule has 51 heavy (non-hydrogen) atoms. The number of fused-ring (bicyclic) bond motifs is 4. The Balaban J connectivity index is 1.12. The maximum atomic E-state index is 6.69. The third-order valence-electron chi connectivity index (χ3n) is 9.99. The highest BCUT2D eigenvalue weighted by molar-refractivity contribution is 6.11. The highest BCUT2D eigenvalue weighted by Gasteiger charge is 2.28. The molecule has 2 heterocycles. The summed E-state index contributed by atoms with van der Waals surface area (Å²) in [5.74, 6) is 1.60. The van der Waals surface area contributed by atoms with Gasteiger partial charge in [0, 0.05) is 40.0 Å². The van der Waals surface area contributed by atoms with Gasteiger partial charge in [-0.05, 0) is 94.9 Å². The van der Waals surface area contributed by atoms with Gasteiger partial charge in [-0.2, -0.15) is 0 Å². The Kier molecular flexibility index (Phi) is 7.40. The quantitative estimate of drug-likeness (QED) is 0.177. The number of anilines is 4. The molecule has 0 fully saturated rings. The number of nitrogens with zero attached hydrogens (tertiary/aromatic N) is 3. The molecule has 0 saturated carbocycles. The molecule has 1 aliphatic rings. The summed E-state index contributed by atoms with van der Waals surface area (Å²) < 4.78 is 9.08. The van der Waals surface area contributed by atoms with E-state index in [0.717, 1.165) is 35.1 Å². The summed E-state index contributed by atoms with van der Waals surface area (Å²) in [5, 5.41) is 2.41. The third kappa shape index (κ3) is 5.59. The van der Waals surface area contributed by atoms with Crippen molar-refractivity contribution in [3.8, 4) is 28.3 Å². The molecular formula is C47H39N3O. The van der Waals surface area contributed by atoms with E-state index in [0.29, 0.717) is 0 Å². The van der Waals surface area contributed by atoms with Gasteiger partial charge >= 0.3 is 0 Å². The summed E-state index contributed by atoms with van der Waals surface area (Å²) in [5.41, 5.74) is 11.8. The zero-order valence-corrected chi connectivity index (χ0v) is 29.1. The summed E-state index contributed by atoms with van der Waals surface area (Å²) in [6.07, 6.45) is 0. The zero-order valence-electron chi connectivity index (χ0n) is 29.1. The number of para-hydroxylation sites is 3. The zero-order chi connectivity index (χ0) is 34.5. The van der Waals surface area contributed by atoms with E-state index < -0.39 is 0 Å². The maximum Gasteiger partial charge on any atom is 0.129 e. The Hall–Kier alpha value is -6.26. The van der Waals surface area contributed by atoms with Crippen LogP contribution in [0.3, 0.4) is 0 Å². The van der Waals surface area contributed by atoms with Crippen LogP contribution in [-0.2, 0) is 5.41 Å². The van der Waals surface area contributed by atoms with Crippen molar-refractivity contribution < 1.29 is 4.74 Å². The minimum Gasteiger partial charge on any atom is -0.457 e. The topological polar surface area (TPSA) is 20.6 Å². The second-order valence-corrected chi connectivity index (χ2v) is 14.3. The molecule has 7 aromatic carbocycles. The van der Waals surface area contributed by atoms with Gasteiger partial charge in [0.25, 0.3) is 0 Å². The van der Waals surface area contributed by atoms with E-state index in [2.05, 4.69) is 199 Å². The van der Waals surface area contributed by atoms with Crippen LogP contribution in [0.15, 0.2) is 170 Å². The summed E-state index contributed by atoms with van der Waals surface area (Å²) in [6.45, 7) is 7.52. The second kappa shape index (κ2) is 12.3. The van der Waals surface area contributed by atoms with E-state index >= 15 is 0 Å². The Morgan fingerprint density at radius 1 is 0.451 bits per heavy atom. The molecule has 1 aliphatic heterocycles. The van der Waals surface area contributed by atoms with Crippen LogP contribution in [0, 0.1) is 0 Å². The summed E-state index contributed by atoms with van der Waals surface area (Å²) in [4.78, 5) is 4.70.